The van der Waals surface area contributed by atoms with E-state index in [-0.39, 0.29) is 0 Å². The van der Waals surface area contributed by atoms with Gasteiger partial charge in [0.1, 0.15) is 71.6 Å². The quantitative estimate of drug-likeness (QED) is 0.223. The molecule has 9 N–H and O–H groups in total. The lowest BCUT2D eigenvalue weighted by atomic mass is 9.85. The minimum Gasteiger partial charge on any atom is -0.507 e. The van der Waals surface area contributed by atoms with Crippen molar-refractivity contribution in [3.05, 3.63) is 16.7 Å². The zero-order valence-electron chi connectivity index (χ0n) is 15.8. The molecule has 3 rings (SSSR count). The zero-order chi connectivity index (χ0) is 22.5. The third kappa shape index (κ3) is 3.50. The number of ether oxygens (including phenoxy) is 2. The first-order valence-electron chi connectivity index (χ1n) is 9.12. The minimum absolute atomic E-state index is 0.485. The number of aliphatic hydroxyl groups is 6. The molecule has 12 heteroatoms. The van der Waals surface area contributed by atoms with Gasteiger partial charge in [-0.25, -0.2) is 0 Å². The summed E-state index contributed by atoms with van der Waals surface area (Å²) in [6.07, 6.45) is -13.3. The van der Waals surface area contributed by atoms with E-state index in [2.05, 4.69) is 0 Å². The molecular weight excluding hydrogens is 408 g/mol. The molecule has 1 aromatic rings. The van der Waals surface area contributed by atoms with Gasteiger partial charge in [0.15, 0.2) is 5.78 Å². The van der Waals surface area contributed by atoms with Crippen LogP contribution in [0.5, 0.6) is 17.2 Å². The van der Waals surface area contributed by atoms with Crippen molar-refractivity contribution in [2.75, 3.05) is 13.2 Å². The number of carbonyl (C=O) groups excluding carboxylic acids is 1. The van der Waals surface area contributed by atoms with Gasteiger partial charge in [0.2, 0.25) is 0 Å². The summed E-state index contributed by atoms with van der Waals surface area (Å²) in [5.74, 6) is -3.68. The van der Waals surface area contributed by atoms with Crippen molar-refractivity contribution >= 4 is 5.78 Å². The van der Waals surface area contributed by atoms with Crippen LogP contribution < -0.4 is 0 Å². The van der Waals surface area contributed by atoms with Gasteiger partial charge in [0, 0.05) is 0 Å². The maximum absolute atomic E-state index is 12.1. The third-order valence-corrected chi connectivity index (χ3v) is 5.42. The van der Waals surface area contributed by atoms with Gasteiger partial charge in [0.05, 0.1) is 24.3 Å². The molecule has 0 spiro atoms. The number of Topliss-reactive ketones (excluding diaryl/α,β-unsaturated/α-hetero) is 1. The van der Waals surface area contributed by atoms with Gasteiger partial charge >= 0.3 is 0 Å². The molecule has 8 atom stereocenters. The Morgan fingerprint density at radius 2 is 1.07 bits per heavy atom. The van der Waals surface area contributed by atoms with Crippen LogP contribution in [0.2, 0.25) is 0 Å². The fraction of sp³-hybridized carbons (Fsp3) is 0.611. The van der Waals surface area contributed by atoms with Crippen LogP contribution in [0.4, 0.5) is 0 Å². The summed E-state index contributed by atoms with van der Waals surface area (Å²) in [4.78, 5) is 12.1. The third-order valence-electron chi connectivity index (χ3n) is 5.42. The normalized spacial score (nSPS) is 37.2. The number of rotatable bonds is 3. The number of aromatic hydroxyl groups is 3. The second-order valence-electron chi connectivity index (χ2n) is 7.41. The summed E-state index contributed by atoms with van der Waals surface area (Å²) in [6, 6.07) is 0. The average Bonchev–Trinajstić information content (AvgIpc) is 2.67. The van der Waals surface area contributed by atoms with E-state index in [9.17, 15) is 50.8 Å². The largest absolute Gasteiger partial charge is 0.507 e. The molecule has 2 heterocycles. The highest BCUT2D eigenvalue weighted by Gasteiger charge is 2.46. The molecule has 12 nitrogen and oxygen atoms in total. The fourth-order valence-corrected chi connectivity index (χ4v) is 3.74. The van der Waals surface area contributed by atoms with E-state index in [4.69, 9.17) is 9.47 Å². The van der Waals surface area contributed by atoms with Crippen LogP contribution >= 0.6 is 0 Å². The molecule has 168 valence electrons. The van der Waals surface area contributed by atoms with Gasteiger partial charge in [0.25, 0.3) is 0 Å². The van der Waals surface area contributed by atoms with Crippen LogP contribution in [0.3, 0.4) is 0 Å². The molecule has 0 radical (unpaired) electrons. The topological polar surface area (TPSA) is 218 Å². The molecule has 30 heavy (non-hydrogen) atoms. The van der Waals surface area contributed by atoms with Gasteiger partial charge in [-0.1, -0.05) is 0 Å². The van der Waals surface area contributed by atoms with E-state index >= 15 is 0 Å². The number of aliphatic hydroxyl groups excluding tert-OH is 6. The summed E-state index contributed by atoms with van der Waals surface area (Å²) in [5.41, 5.74) is -1.88. The Morgan fingerprint density at radius 1 is 0.700 bits per heavy atom. The van der Waals surface area contributed by atoms with Crippen molar-refractivity contribution < 1.29 is 60.2 Å². The standard InChI is InChI=1S/C18H24O12/c1-4(19)7-12(24)8(17-15(27)10(22)5(20)2-29-17)14(26)9(13(7)25)18-16(28)11(23)6(21)3-30-18/h5-6,10-11,15-18,20-28H,2-3H2,1H3/t5-,6-,10+,11+,15-,16-,17+,18+/m1/s1. The Bertz CT molecular complexity index is 769. The molecule has 0 bridgehead atoms. The Hall–Kier alpha value is -2.03. The van der Waals surface area contributed by atoms with Crippen molar-refractivity contribution in [3.63, 3.8) is 0 Å². The molecule has 0 aliphatic carbocycles. The van der Waals surface area contributed by atoms with E-state index in [1.165, 1.54) is 0 Å². The first kappa shape index (κ1) is 22.7. The molecule has 0 unspecified atom stereocenters. The lowest BCUT2D eigenvalue weighted by molar-refractivity contribution is -0.192. The molecule has 0 amide bonds. The van der Waals surface area contributed by atoms with Crippen LogP contribution in [-0.4, -0.2) is 102 Å². The Labute approximate surface area is 169 Å². The van der Waals surface area contributed by atoms with Crippen LogP contribution in [-0.2, 0) is 9.47 Å². The predicted octanol–water partition coefficient (Wildman–Crippen LogP) is -2.69. The summed E-state index contributed by atoms with van der Waals surface area (Å²) in [5, 5.41) is 91.6. The summed E-state index contributed by atoms with van der Waals surface area (Å²) in [6.45, 7) is 0.0224. The number of benzene rings is 1. The highest BCUT2D eigenvalue weighted by atomic mass is 16.5. The van der Waals surface area contributed by atoms with Gasteiger partial charge < -0.3 is 55.4 Å². The minimum atomic E-state index is -1.84. The first-order chi connectivity index (χ1) is 14.0. The smallest absolute Gasteiger partial charge is 0.167 e. The predicted molar refractivity (Wildman–Crippen MR) is 94.9 cm³/mol. The number of phenolic OH excluding ortho intramolecular Hbond substituents is 3. The van der Waals surface area contributed by atoms with Gasteiger partial charge in [-0.2, -0.15) is 0 Å². The van der Waals surface area contributed by atoms with Crippen molar-refractivity contribution in [3.8, 4) is 17.2 Å². The van der Waals surface area contributed by atoms with Gasteiger partial charge in [-0.05, 0) is 6.92 Å². The van der Waals surface area contributed by atoms with E-state index in [0.717, 1.165) is 6.92 Å². The average molecular weight is 432 g/mol. The number of ketones is 1. The molecular formula is C18H24O12. The maximum Gasteiger partial charge on any atom is 0.167 e. The number of hydrogen-bond donors (Lipinski definition) is 9. The monoisotopic (exact) mass is 432 g/mol. The van der Waals surface area contributed by atoms with Crippen LogP contribution in [0.25, 0.3) is 0 Å². The zero-order valence-corrected chi connectivity index (χ0v) is 15.8. The highest BCUT2D eigenvalue weighted by molar-refractivity contribution is 6.01. The number of hydrogen-bond acceptors (Lipinski definition) is 12. The Morgan fingerprint density at radius 3 is 1.40 bits per heavy atom. The lowest BCUT2D eigenvalue weighted by Gasteiger charge is -2.38. The second kappa shape index (κ2) is 8.24. The van der Waals surface area contributed by atoms with Crippen molar-refractivity contribution in [1.29, 1.82) is 0 Å². The van der Waals surface area contributed by atoms with Crippen molar-refractivity contribution in [2.24, 2.45) is 0 Å². The first-order valence-corrected chi connectivity index (χ1v) is 9.12. The van der Waals surface area contributed by atoms with Crippen LogP contribution in [0.15, 0.2) is 0 Å². The van der Waals surface area contributed by atoms with Gasteiger partial charge in [-0.3, -0.25) is 4.79 Å². The van der Waals surface area contributed by atoms with E-state index in [1.807, 2.05) is 0 Å². The molecule has 2 aliphatic rings. The van der Waals surface area contributed by atoms with E-state index < -0.39 is 102 Å². The van der Waals surface area contributed by atoms with Crippen molar-refractivity contribution in [2.45, 2.75) is 55.8 Å². The SMILES string of the molecule is CC(=O)c1c(O)c([C@@H]2OC[C@@H](O)[C@H](O)[C@H]2O)c(O)c([C@@H]2OC[C@@H](O)[C@H](O)[C@H]2O)c1O. The summed E-state index contributed by atoms with van der Waals surface area (Å²) >= 11 is 0. The second-order valence-corrected chi connectivity index (χ2v) is 7.41. The molecule has 0 aromatic heterocycles. The number of phenols is 3. The van der Waals surface area contributed by atoms with E-state index in [0.29, 0.717) is 0 Å². The van der Waals surface area contributed by atoms with Crippen molar-refractivity contribution in [1.82, 2.24) is 0 Å². The van der Waals surface area contributed by atoms with E-state index in [1.54, 1.807) is 0 Å². The fourth-order valence-electron chi connectivity index (χ4n) is 3.74. The van der Waals surface area contributed by atoms with Gasteiger partial charge in [-0.15, -0.1) is 0 Å². The summed E-state index contributed by atoms with van der Waals surface area (Å²) < 4.78 is 10.5. The lowest BCUT2D eigenvalue weighted by Crippen LogP contribution is -2.49. The Balaban J connectivity index is 2.21. The Kier molecular flexibility index (Phi) is 6.23. The molecule has 0 saturated carbocycles. The van der Waals surface area contributed by atoms with Crippen LogP contribution in [0.1, 0.15) is 40.6 Å². The molecule has 2 saturated heterocycles. The number of carbonyl (C=O) groups is 1. The molecule has 1 aromatic carbocycles. The van der Waals surface area contributed by atoms with Crippen LogP contribution in [0, 0.1) is 0 Å². The summed E-state index contributed by atoms with van der Waals surface area (Å²) in [7, 11) is 0. The maximum atomic E-state index is 12.1. The highest BCUT2D eigenvalue weighted by Crippen LogP contribution is 2.51. The molecule has 2 aliphatic heterocycles. The molecule has 2 fully saturated rings.